The van der Waals surface area contributed by atoms with E-state index in [9.17, 15) is 4.79 Å². The molecule has 0 aliphatic carbocycles. The average Bonchev–Trinajstić information content (AvgIpc) is 3.21. The maximum Gasteiger partial charge on any atom is 0.355 e. The third-order valence-electron chi connectivity index (χ3n) is 4.41. The number of hydrogen-bond acceptors (Lipinski definition) is 4. The molecule has 1 aliphatic heterocycles. The number of anilines is 1. The molecule has 140 valence electrons. The van der Waals surface area contributed by atoms with E-state index in [0.29, 0.717) is 17.3 Å². The number of rotatable bonds is 4. The van der Waals surface area contributed by atoms with E-state index in [1.54, 1.807) is 16.7 Å². The lowest BCUT2D eigenvalue weighted by Crippen LogP contribution is -3.00. The van der Waals surface area contributed by atoms with E-state index in [-0.39, 0.29) is 36.1 Å². The molecule has 2 aromatic carbocycles. The smallest absolute Gasteiger partial charge is 0.355 e. The number of benzene rings is 2. The lowest BCUT2D eigenvalue weighted by molar-refractivity contribution is -0.667. The minimum atomic E-state index is -0.00848. The van der Waals surface area contributed by atoms with Gasteiger partial charge >= 0.3 is 5.95 Å². The lowest BCUT2D eigenvalue weighted by atomic mass is 10.1. The Balaban J connectivity index is 0.00000210. The third kappa shape index (κ3) is 3.72. The first-order valence-corrected chi connectivity index (χ1v) is 8.85. The highest BCUT2D eigenvalue weighted by Gasteiger charge is 2.22. The number of halogens is 2. The fourth-order valence-corrected chi connectivity index (χ4v) is 3.37. The van der Waals surface area contributed by atoms with Crippen molar-refractivity contribution < 1.29 is 35.8 Å². The predicted octanol–water partition coefficient (Wildman–Crippen LogP) is -0.0601. The van der Waals surface area contributed by atoms with Crippen LogP contribution >= 0.6 is 15.9 Å². The zero-order valence-corrected chi connectivity index (χ0v) is 17.7. The maximum atomic E-state index is 12.6. The minimum absolute atomic E-state index is 0. The number of ether oxygens (including phenoxy) is 2. The summed E-state index contributed by atoms with van der Waals surface area (Å²) < 4.78 is 15.3. The number of aromatic nitrogens is 2. The summed E-state index contributed by atoms with van der Waals surface area (Å²) in [7, 11) is 1.87. The van der Waals surface area contributed by atoms with E-state index in [4.69, 9.17) is 15.2 Å². The van der Waals surface area contributed by atoms with Crippen LogP contribution in [0.25, 0.3) is 11.3 Å². The standard InChI is InChI=1S/C19H16BrN3O3.BrH/c1-22-15(12-5-6-17-18(8-12)26-11-25-17)9-23(19(22)21)10-16(24)13-3-2-4-14(20)7-13;/h2-9,21H,10-11H2,1H3;1H. The number of fused-ring (bicyclic) bond motifs is 1. The zero-order chi connectivity index (χ0) is 18.3. The Hall–Kier alpha value is -2.32. The van der Waals surface area contributed by atoms with Crippen LogP contribution in [0.15, 0.2) is 53.1 Å². The zero-order valence-electron chi connectivity index (χ0n) is 14.5. The first-order valence-electron chi connectivity index (χ1n) is 8.06. The van der Waals surface area contributed by atoms with Gasteiger partial charge in [-0.2, -0.15) is 0 Å². The summed E-state index contributed by atoms with van der Waals surface area (Å²) in [4.78, 5) is 12.6. The Labute approximate surface area is 175 Å². The quantitative estimate of drug-likeness (QED) is 0.407. The Morgan fingerprint density at radius 1 is 1.22 bits per heavy atom. The normalized spacial score (nSPS) is 11.9. The van der Waals surface area contributed by atoms with E-state index in [0.717, 1.165) is 21.5 Å². The van der Waals surface area contributed by atoms with Crippen molar-refractivity contribution in [3.8, 4) is 22.8 Å². The molecule has 1 aliphatic rings. The van der Waals surface area contributed by atoms with Crippen LogP contribution in [0.2, 0.25) is 0 Å². The predicted molar refractivity (Wildman–Crippen MR) is 100 cm³/mol. The van der Waals surface area contributed by atoms with Gasteiger partial charge in [0, 0.05) is 15.6 Å². The highest BCUT2D eigenvalue weighted by molar-refractivity contribution is 9.10. The van der Waals surface area contributed by atoms with Gasteiger partial charge in [0.15, 0.2) is 17.3 Å². The molecule has 0 bridgehead atoms. The second-order valence-corrected chi connectivity index (χ2v) is 6.98. The van der Waals surface area contributed by atoms with Crippen molar-refractivity contribution in [3.05, 3.63) is 58.7 Å². The molecule has 2 heterocycles. The third-order valence-corrected chi connectivity index (χ3v) is 4.90. The molecule has 1 aromatic heterocycles. The van der Waals surface area contributed by atoms with E-state index < -0.39 is 0 Å². The molecular weight excluding hydrogens is 478 g/mol. The largest absolute Gasteiger partial charge is 1.00 e. The number of hydrogen-bond donors (Lipinski definition) is 1. The number of carbonyl (C=O) groups is 1. The first kappa shape index (κ1) is 19.4. The second-order valence-electron chi connectivity index (χ2n) is 6.06. The van der Waals surface area contributed by atoms with Crippen molar-refractivity contribution in [3.63, 3.8) is 0 Å². The van der Waals surface area contributed by atoms with Crippen LogP contribution in [0.5, 0.6) is 11.5 Å². The van der Waals surface area contributed by atoms with E-state index in [1.807, 2.05) is 48.1 Å². The van der Waals surface area contributed by atoms with Crippen LogP contribution < -0.4 is 36.8 Å². The molecule has 6 nitrogen and oxygen atoms in total. The number of Topliss-reactive ketones (excluding diaryl/α,β-unsaturated/α-hetero) is 1. The van der Waals surface area contributed by atoms with E-state index >= 15 is 0 Å². The molecule has 0 spiro atoms. The van der Waals surface area contributed by atoms with Gasteiger partial charge in [0.25, 0.3) is 0 Å². The molecule has 0 saturated carbocycles. The molecule has 3 aromatic rings. The van der Waals surface area contributed by atoms with Crippen molar-refractivity contribution in [1.82, 2.24) is 4.57 Å². The number of nitrogens with zero attached hydrogens (tertiary/aromatic N) is 2. The minimum Gasteiger partial charge on any atom is -1.00 e. The first-order chi connectivity index (χ1) is 12.5. The fourth-order valence-electron chi connectivity index (χ4n) is 2.98. The van der Waals surface area contributed by atoms with Crippen LogP contribution in [-0.2, 0) is 13.6 Å². The number of nitrogens with two attached hydrogens (primary N) is 1. The highest BCUT2D eigenvalue weighted by Crippen LogP contribution is 2.35. The van der Waals surface area contributed by atoms with Crippen LogP contribution in [0, 0.1) is 0 Å². The number of ketones is 1. The monoisotopic (exact) mass is 493 g/mol. The molecule has 0 fully saturated rings. The molecule has 0 saturated heterocycles. The highest BCUT2D eigenvalue weighted by atomic mass is 79.9. The maximum absolute atomic E-state index is 12.6. The van der Waals surface area contributed by atoms with Gasteiger partial charge in [0.2, 0.25) is 6.79 Å². The molecule has 4 rings (SSSR count). The van der Waals surface area contributed by atoms with Gasteiger partial charge in [-0.3, -0.25) is 10.5 Å². The van der Waals surface area contributed by atoms with Crippen LogP contribution in [0.4, 0.5) is 5.95 Å². The van der Waals surface area contributed by atoms with Crippen molar-refractivity contribution in [2.75, 3.05) is 12.5 Å². The van der Waals surface area contributed by atoms with Gasteiger partial charge in [-0.1, -0.05) is 28.1 Å². The summed E-state index contributed by atoms with van der Waals surface area (Å²) in [6.07, 6.45) is 1.88. The SMILES string of the molecule is Cn1c(-c2ccc3c(c2)OCO3)c[n+](CC(=O)c2cccc(Br)c2)c1N.[Br-]. The van der Waals surface area contributed by atoms with Crippen LogP contribution in [0.1, 0.15) is 10.4 Å². The summed E-state index contributed by atoms with van der Waals surface area (Å²) in [6.45, 7) is 0.399. The van der Waals surface area contributed by atoms with Gasteiger partial charge < -0.3 is 26.5 Å². The summed E-state index contributed by atoms with van der Waals surface area (Å²) in [6, 6.07) is 13.1. The molecule has 2 N–H and O–H groups in total. The summed E-state index contributed by atoms with van der Waals surface area (Å²) in [5.41, 5.74) is 8.69. The van der Waals surface area contributed by atoms with Gasteiger partial charge in [-0.25, -0.2) is 9.13 Å². The molecule has 0 atom stereocenters. The molecule has 27 heavy (non-hydrogen) atoms. The van der Waals surface area contributed by atoms with Crippen LogP contribution in [-0.4, -0.2) is 17.1 Å². The van der Waals surface area contributed by atoms with Crippen molar-refractivity contribution in [2.24, 2.45) is 7.05 Å². The summed E-state index contributed by atoms with van der Waals surface area (Å²) >= 11 is 3.39. The average molecular weight is 495 g/mol. The van der Waals surface area contributed by atoms with Gasteiger partial charge in [-0.15, -0.1) is 0 Å². The van der Waals surface area contributed by atoms with Gasteiger partial charge in [0.1, 0.15) is 18.4 Å². The summed E-state index contributed by atoms with van der Waals surface area (Å²) in [5, 5.41) is 0. The Bertz CT molecular complexity index is 1020. The Morgan fingerprint density at radius 2 is 2.00 bits per heavy atom. The lowest BCUT2D eigenvalue weighted by Gasteiger charge is -2.01. The molecule has 0 amide bonds. The van der Waals surface area contributed by atoms with Crippen molar-refractivity contribution in [2.45, 2.75) is 6.54 Å². The molecule has 8 heteroatoms. The number of carbonyl (C=O) groups excluding carboxylic acids is 1. The van der Waals surface area contributed by atoms with E-state index in [2.05, 4.69) is 15.9 Å². The second kappa shape index (κ2) is 7.74. The Kier molecular flexibility index (Phi) is 5.57. The fraction of sp³-hybridized carbons (Fsp3) is 0.158. The topological polar surface area (TPSA) is 70.4 Å². The van der Waals surface area contributed by atoms with Crippen molar-refractivity contribution in [1.29, 1.82) is 0 Å². The molecular formula is C19H17Br2N3O3. The van der Waals surface area contributed by atoms with E-state index in [1.165, 1.54) is 0 Å². The molecule has 0 radical (unpaired) electrons. The molecule has 0 unspecified atom stereocenters. The van der Waals surface area contributed by atoms with Gasteiger partial charge in [0.05, 0.1) is 7.05 Å². The number of imidazole rings is 1. The number of nitrogen functional groups attached to an aromatic ring is 1. The Morgan fingerprint density at radius 3 is 2.78 bits per heavy atom. The van der Waals surface area contributed by atoms with Gasteiger partial charge in [-0.05, 0) is 30.3 Å². The summed E-state index contributed by atoms with van der Waals surface area (Å²) in [5.74, 6) is 1.93. The van der Waals surface area contributed by atoms with Crippen molar-refractivity contribution >= 4 is 27.7 Å². The van der Waals surface area contributed by atoms with Crippen LogP contribution in [0.3, 0.4) is 0 Å².